The molecule has 0 aromatic heterocycles. The smallest absolute Gasteiger partial charge is 0.315 e. The van der Waals surface area contributed by atoms with Gasteiger partial charge in [-0.2, -0.15) is 13.2 Å². The Kier molecular flexibility index (Phi) is 4.86. The predicted molar refractivity (Wildman–Crippen MR) is 53.7 cm³/mol. The van der Waals surface area contributed by atoms with Crippen molar-refractivity contribution in [2.45, 2.75) is 25.9 Å². The summed E-state index contributed by atoms with van der Waals surface area (Å²) in [6, 6.07) is 0. The standard InChI is InChI=1S/C10H19F3N2/c1-8(9-2-3-9)6-14-4-5-15-7-10(11,12)13/h8-9,14-15H,2-7H2,1H3. The van der Waals surface area contributed by atoms with E-state index < -0.39 is 12.7 Å². The summed E-state index contributed by atoms with van der Waals surface area (Å²) in [4.78, 5) is 0. The first-order valence-corrected chi connectivity index (χ1v) is 5.47. The molecule has 0 aromatic carbocycles. The van der Waals surface area contributed by atoms with Crippen molar-refractivity contribution >= 4 is 0 Å². The zero-order valence-electron chi connectivity index (χ0n) is 9.03. The van der Waals surface area contributed by atoms with Gasteiger partial charge >= 0.3 is 6.18 Å². The third-order valence-corrected chi connectivity index (χ3v) is 2.70. The molecule has 1 saturated carbocycles. The van der Waals surface area contributed by atoms with Gasteiger partial charge in [-0.3, -0.25) is 0 Å². The Morgan fingerprint density at radius 2 is 1.80 bits per heavy atom. The van der Waals surface area contributed by atoms with Crippen molar-refractivity contribution in [1.29, 1.82) is 0 Å². The van der Waals surface area contributed by atoms with Crippen molar-refractivity contribution in [3.63, 3.8) is 0 Å². The number of rotatable bonds is 7. The molecule has 5 heteroatoms. The van der Waals surface area contributed by atoms with E-state index >= 15 is 0 Å². The molecule has 0 amide bonds. The Labute approximate surface area is 88.6 Å². The van der Waals surface area contributed by atoms with Gasteiger partial charge in [0, 0.05) is 13.1 Å². The first-order chi connectivity index (χ1) is 6.99. The molecule has 1 atom stereocenters. The van der Waals surface area contributed by atoms with Crippen molar-refractivity contribution in [3.05, 3.63) is 0 Å². The highest BCUT2D eigenvalue weighted by Crippen LogP contribution is 2.35. The van der Waals surface area contributed by atoms with E-state index in [1.54, 1.807) is 0 Å². The normalized spacial score (nSPS) is 19.2. The molecule has 1 unspecified atom stereocenters. The lowest BCUT2D eigenvalue weighted by Gasteiger charge is -2.12. The molecule has 0 bridgehead atoms. The summed E-state index contributed by atoms with van der Waals surface area (Å²) >= 11 is 0. The zero-order chi connectivity index (χ0) is 11.3. The van der Waals surface area contributed by atoms with Crippen molar-refractivity contribution in [1.82, 2.24) is 10.6 Å². The van der Waals surface area contributed by atoms with Gasteiger partial charge in [-0.15, -0.1) is 0 Å². The van der Waals surface area contributed by atoms with Crippen molar-refractivity contribution in [3.8, 4) is 0 Å². The second kappa shape index (κ2) is 5.70. The second-order valence-corrected chi connectivity index (χ2v) is 4.31. The van der Waals surface area contributed by atoms with Crippen LogP contribution in [-0.2, 0) is 0 Å². The lowest BCUT2D eigenvalue weighted by atomic mass is 10.1. The van der Waals surface area contributed by atoms with Crippen LogP contribution in [0.5, 0.6) is 0 Å². The van der Waals surface area contributed by atoms with Gasteiger partial charge in [0.05, 0.1) is 6.54 Å². The van der Waals surface area contributed by atoms with E-state index in [1.165, 1.54) is 12.8 Å². The molecule has 0 radical (unpaired) electrons. The number of hydrogen-bond acceptors (Lipinski definition) is 2. The summed E-state index contributed by atoms with van der Waals surface area (Å²) in [5.41, 5.74) is 0. The molecule has 1 fully saturated rings. The molecular formula is C10H19F3N2. The third kappa shape index (κ3) is 6.73. The molecule has 1 aliphatic rings. The monoisotopic (exact) mass is 224 g/mol. The van der Waals surface area contributed by atoms with E-state index in [0.717, 1.165) is 12.5 Å². The van der Waals surface area contributed by atoms with Crippen LogP contribution in [0.2, 0.25) is 0 Å². The molecule has 0 saturated heterocycles. The summed E-state index contributed by atoms with van der Waals surface area (Å²) in [5, 5.41) is 5.52. The van der Waals surface area contributed by atoms with Crippen LogP contribution in [0.1, 0.15) is 19.8 Å². The molecule has 1 rings (SSSR count). The second-order valence-electron chi connectivity index (χ2n) is 4.31. The van der Waals surface area contributed by atoms with Crippen LogP contribution in [0.4, 0.5) is 13.2 Å². The van der Waals surface area contributed by atoms with E-state index in [1.807, 2.05) is 0 Å². The highest BCUT2D eigenvalue weighted by molar-refractivity contribution is 4.79. The summed E-state index contributed by atoms with van der Waals surface area (Å²) in [7, 11) is 0. The van der Waals surface area contributed by atoms with E-state index in [-0.39, 0.29) is 0 Å². The lowest BCUT2D eigenvalue weighted by molar-refractivity contribution is -0.124. The van der Waals surface area contributed by atoms with Gasteiger partial charge in [0.25, 0.3) is 0 Å². The molecule has 15 heavy (non-hydrogen) atoms. The molecule has 90 valence electrons. The number of alkyl halides is 3. The van der Waals surface area contributed by atoms with Crippen LogP contribution in [-0.4, -0.2) is 32.4 Å². The SMILES string of the molecule is CC(CNCCNCC(F)(F)F)C1CC1. The van der Waals surface area contributed by atoms with E-state index in [2.05, 4.69) is 17.6 Å². The molecule has 0 heterocycles. The molecule has 2 N–H and O–H groups in total. The average Bonchev–Trinajstić information content (AvgIpc) is 2.91. The third-order valence-electron chi connectivity index (χ3n) is 2.70. The molecule has 0 spiro atoms. The van der Waals surface area contributed by atoms with Crippen LogP contribution < -0.4 is 10.6 Å². The van der Waals surface area contributed by atoms with Crippen LogP contribution in [0.15, 0.2) is 0 Å². The van der Waals surface area contributed by atoms with Gasteiger partial charge < -0.3 is 10.6 Å². The van der Waals surface area contributed by atoms with Crippen LogP contribution in [0.25, 0.3) is 0 Å². The highest BCUT2D eigenvalue weighted by Gasteiger charge is 2.27. The Bertz CT molecular complexity index is 178. The summed E-state index contributed by atoms with van der Waals surface area (Å²) in [6.45, 7) is 3.18. The molecule has 1 aliphatic carbocycles. The average molecular weight is 224 g/mol. The van der Waals surface area contributed by atoms with E-state index in [9.17, 15) is 13.2 Å². The zero-order valence-corrected chi connectivity index (χ0v) is 9.03. The maximum Gasteiger partial charge on any atom is 0.401 e. The maximum atomic E-state index is 11.7. The minimum atomic E-state index is -4.10. The largest absolute Gasteiger partial charge is 0.401 e. The van der Waals surface area contributed by atoms with Gasteiger partial charge in [-0.05, 0) is 31.2 Å². The fourth-order valence-electron chi connectivity index (χ4n) is 1.57. The van der Waals surface area contributed by atoms with Crippen LogP contribution in [0, 0.1) is 11.8 Å². The summed E-state index contributed by atoms with van der Waals surface area (Å²) < 4.78 is 35.2. The molecular weight excluding hydrogens is 205 g/mol. The van der Waals surface area contributed by atoms with Crippen LogP contribution >= 0.6 is 0 Å². The number of halogens is 3. The molecule has 2 nitrogen and oxygen atoms in total. The molecule has 0 aromatic rings. The number of hydrogen-bond donors (Lipinski definition) is 2. The minimum Gasteiger partial charge on any atom is -0.315 e. The van der Waals surface area contributed by atoms with E-state index in [0.29, 0.717) is 19.0 Å². The fourth-order valence-corrected chi connectivity index (χ4v) is 1.57. The van der Waals surface area contributed by atoms with E-state index in [4.69, 9.17) is 0 Å². The predicted octanol–water partition coefficient (Wildman–Crippen LogP) is 1.77. The minimum absolute atomic E-state index is 0.372. The van der Waals surface area contributed by atoms with Crippen LogP contribution in [0.3, 0.4) is 0 Å². The van der Waals surface area contributed by atoms with Gasteiger partial charge in [0.15, 0.2) is 0 Å². The van der Waals surface area contributed by atoms with Gasteiger partial charge in [-0.1, -0.05) is 6.92 Å². The highest BCUT2D eigenvalue weighted by atomic mass is 19.4. The van der Waals surface area contributed by atoms with Gasteiger partial charge in [-0.25, -0.2) is 0 Å². The van der Waals surface area contributed by atoms with Crippen molar-refractivity contribution in [2.75, 3.05) is 26.2 Å². The number of nitrogens with one attached hydrogen (secondary N) is 2. The van der Waals surface area contributed by atoms with Crippen molar-refractivity contribution < 1.29 is 13.2 Å². The topological polar surface area (TPSA) is 24.1 Å². The Morgan fingerprint density at radius 3 is 2.33 bits per heavy atom. The lowest BCUT2D eigenvalue weighted by Crippen LogP contribution is -2.35. The Balaban J connectivity index is 1.84. The fraction of sp³-hybridized carbons (Fsp3) is 1.00. The molecule has 0 aliphatic heterocycles. The summed E-state index contributed by atoms with van der Waals surface area (Å²) in [5.74, 6) is 1.51. The Morgan fingerprint density at radius 1 is 1.20 bits per heavy atom. The quantitative estimate of drug-likeness (QED) is 0.644. The summed E-state index contributed by atoms with van der Waals surface area (Å²) in [6.07, 6.45) is -1.47. The van der Waals surface area contributed by atoms with Gasteiger partial charge in [0.2, 0.25) is 0 Å². The van der Waals surface area contributed by atoms with Crippen molar-refractivity contribution in [2.24, 2.45) is 11.8 Å². The van der Waals surface area contributed by atoms with Gasteiger partial charge in [0.1, 0.15) is 0 Å². The first kappa shape index (κ1) is 12.8. The first-order valence-electron chi connectivity index (χ1n) is 5.47. The maximum absolute atomic E-state index is 11.7. The Hall–Kier alpha value is -0.290.